The quantitative estimate of drug-likeness (QED) is 0.409. The van der Waals surface area contributed by atoms with Crippen LogP contribution in [0, 0.1) is 0 Å². The Balaban J connectivity index is 1.30. The third kappa shape index (κ3) is 5.28. The van der Waals surface area contributed by atoms with E-state index in [1.807, 2.05) is 67.0 Å². The molecule has 0 unspecified atom stereocenters. The van der Waals surface area contributed by atoms with Gasteiger partial charge in [0.2, 0.25) is 0 Å². The Hall–Kier alpha value is -3.09. The largest absolute Gasteiger partial charge is 0.348 e. The van der Waals surface area contributed by atoms with Gasteiger partial charge < -0.3 is 5.32 Å². The standard InChI is InChI=1S/C23H19ClN4OS/c24-20-5-7-21(8-6-20)28-15-18(14-27-28)13-26-23(29)19-3-9-22(10-4-19)30-16-17-2-1-11-25-12-17/h1-12,14-15H,13,16H2,(H,26,29). The van der Waals surface area contributed by atoms with Crippen molar-refractivity contribution in [2.75, 3.05) is 0 Å². The Labute approximate surface area is 184 Å². The molecule has 0 aliphatic carbocycles. The number of thioether (sulfide) groups is 1. The normalized spacial score (nSPS) is 10.7. The molecule has 0 saturated heterocycles. The van der Waals surface area contributed by atoms with Crippen LogP contribution >= 0.6 is 23.4 Å². The lowest BCUT2D eigenvalue weighted by atomic mass is 10.2. The number of carbonyl (C=O) groups excluding carboxylic acids is 1. The molecule has 7 heteroatoms. The van der Waals surface area contributed by atoms with E-state index in [-0.39, 0.29) is 5.91 Å². The van der Waals surface area contributed by atoms with Crippen LogP contribution in [-0.4, -0.2) is 20.7 Å². The van der Waals surface area contributed by atoms with Gasteiger partial charge in [-0.25, -0.2) is 4.68 Å². The highest BCUT2D eigenvalue weighted by Gasteiger charge is 2.07. The highest BCUT2D eigenvalue weighted by molar-refractivity contribution is 7.98. The van der Waals surface area contributed by atoms with Crippen LogP contribution in [0.15, 0.2) is 90.3 Å². The molecular formula is C23H19ClN4OS. The van der Waals surface area contributed by atoms with E-state index < -0.39 is 0 Å². The smallest absolute Gasteiger partial charge is 0.251 e. The van der Waals surface area contributed by atoms with Gasteiger partial charge >= 0.3 is 0 Å². The first-order valence-corrected chi connectivity index (χ1v) is 10.7. The summed E-state index contributed by atoms with van der Waals surface area (Å²) in [4.78, 5) is 17.7. The van der Waals surface area contributed by atoms with Crippen LogP contribution < -0.4 is 5.32 Å². The molecule has 0 radical (unpaired) electrons. The summed E-state index contributed by atoms with van der Waals surface area (Å²) in [5.74, 6) is 0.731. The second-order valence-electron chi connectivity index (χ2n) is 6.63. The van der Waals surface area contributed by atoms with Crippen molar-refractivity contribution in [3.63, 3.8) is 0 Å². The molecule has 1 N–H and O–H groups in total. The van der Waals surface area contributed by atoms with Crippen LogP contribution in [0.1, 0.15) is 21.5 Å². The van der Waals surface area contributed by atoms with Crippen LogP contribution in [0.25, 0.3) is 5.69 Å². The van der Waals surface area contributed by atoms with Crippen molar-refractivity contribution in [1.29, 1.82) is 0 Å². The number of pyridine rings is 1. The summed E-state index contributed by atoms with van der Waals surface area (Å²) in [6, 6.07) is 19.0. The molecular weight excluding hydrogens is 416 g/mol. The van der Waals surface area contributed by atoms with Gasteiger partial charge in [0.05, 0.1) is 11.9 Å². The van der Waals surface area contributed by atoms with Crippen molar-refractivity contribution in [2.24, 2.45) is 0 Å². The fraction of sp³-hybridized carbons (Fsp3) is 0.0870. The number of hydrogen-bond acceptors (Lipinski definition) is 4. The minimum Gasteiger partial charge on any atom is -0.348 e. The maximum atomic E-state index is 12.5. The second-order valence-corrected chi connectivity index (χ2v) is 8.11. The van der Waals surface area contributed by atoms with E-state index in [9.17, 15) is 4.79 Å². The van der Waals surface area contributed by atoms with Gasteiger partial charge in [-0.3, -0.25) is 9.78 Å². The van der Waals surface area contributed by atoms with Crippen molar-refractivity contribution in [1.82, 2.24) is 20.1 Å². The van der Waals surface area contributed by atoms with E-state index in [4.69, 9.17) is 11.6 Å². The summed E-state index contributed by atoms with van der Waals surface area (Å²) >= 11 is 7.64. The van der Waals surface area contributed by atoms with Gasteiger partial charge in [-0.15, -0.1) is 11.8 Å². The van der Waals surface area contributed by atoms with Crippen molar-refractivity contribution in [2.45, 2.75) is 17.2 Å². The van der Waals surface area contributed by atoms with Gasteiger partial charge in [0.1, 0.15) is 0 Å². The molecule has 30 heavy (non-hydrogen) atoms. The fourth-order valence-electron chi connectivity index (χ4n) is 2.82. The molecule has 2 aromatic heterocycles. The van der Waals surface area contributed by atoms with Gasteiger partial charge in [-0.2, -0.15) is 5.10 Å². The molecule has 5 nitrogen and oxygen atoms in total. The third-order valence-electron chi connectivity index (χ3n) is 4.43. The van der Waals surface area contributed by atoms with Crippen LogP contribution in [0.2, 0.25) is 5.02 Å². The number of amides is 1. The molecule has 0 aliphatic rings. The van der Waals surface area contributed by atoms with E-state index in [1.165, 1.54) is 5.56 Å². The van der Waals surface area contributed by atoms with Gasteiger partial charge in [-0.05, 0) is 60.2 Å². The number of rotatable bonds is 7. The van der Waals surface area contributed by atoms with Crippen LogP contribution in [0.3, 0.4) is 0 Å². The molecule has 1 amide bonds. The van der Waals surface area contributed by atoms with Gasteiger partial charge in [0.25, 0.3) is 5.91 Å². The molecule has 4 rings (SSSR count). The highest BCUT2D eigenvalue weighted by Crippen LogP contribution is 2.22. The highest BCUT2D eigenvalue weighted by atomic mass is 35.5. The first-order valence-electron chi connectivity index (χ1n) is 9.37. The zero-order chi connectivity index (χ0) is 20.8. The number of hydrogen-bond donors (Lipinski definition) is 1. The number of nitrogens with one attached hydrogen (secondary N) is 1. The van der Waals surface area contributed by atoms with E-state index in [1.54, 1.807) is 28.8 Å². The van der Waals surface area contributed by atoms with Crippen molar-refractivity contribution in [3.8, 4) is 5.69 Å². The molecule has 2 heterocycles. The number of nitrogens with zero attached hydrogens (tertiary/aromatic N) is 3. The Kier molecular flexibility index (Phi) is 6.47. The number of benzene rings is 2. The molecule has 0 fully saturated rings. The van der Waals surface area contributed by atoms with E-state index in [0.29, 0.717) is 17.1 Å². The van der Waals surface area contributed by atoms with Crippen molar-refractivity contribution < 1.29 is 4.79 Å². The fourth-order valence-corrected chi connectivity index (χ4v) is 3.78. The molecule has 0 atom stereocenters. The summed E-state index contributed by atoms with van der Waals surface area (Å²) in [6.07, 6.45) is 7.27. The third-order valence-corrected chi connectivity index (χ3v) is 5.76. The molecule has 0 saturated carbocycles. The zero-order valence-corrected chi connectivity index (χ0v) is 17.6. The van der Waals surface area contributed by atoms with Gasteiger partial charge in [0, 0.05) is 51.9 Å². The predicted octanol–water partition coefficient (Wildman–Crippen LogP) is 5.14. The Morgan fingerprint density at radius 2 is 1.80 bits per heavy atom. The number of carbonyl (C=O) groups is 1. The Bertz CT molecular complexity index is 1110. The Morgan fingerprint density at radius 1 is 1.00 bits per heavy atom. The summed E-state index contributed by atoms with van der Waals surface area (Å²) in [6.45, 7) is 0.407. The lowest BCUT2D eigenvalue weighted by Crippen LogP contribution is -2.22. The minimum atomic E-state index is -0.113. The van der Waals surface area contributed by atoms with Gasteiger partial charge in [0.15, 0.2) is 0 Å². The lowest BCUT2D eigenvalue weighted by Gasteiger charge is -2.06. The molecule has 4 aromatic rings. The van der Waals surface area contributed by atoms with Gasteiger partial charge in [-0.1, -0.05) is 17.7 Å². The molecule has 0 aliphatic heterocycles. The van der Waals surface area contributed by atoms with E-state index in [0.717, 1.165) is 21.9 Å². The summed E-state index contributed by atoms with van der Waals surface area (Å²) in [7, 11) is 0. The summed E-state index contributed by atoms with van der Waals surface area (Å²) in [5, 5.41) is 7.96. The zero-order valence-electron chi connectivity index (χ0n) is 16.0. The molecule has 0 bridgehead atoms. The molecule has 0 spiro atoms. The van der Waals surface area contributed by atoms with E-state index >= 15 is 0 Å². The maximum Gasteiger partial charge on any atom is 0.251 e. The SMILES string of the molecule is O=C(NCc1cnn(-c2ccc(Cl)cc2)c1)c1ccc(SCc2cccnc2)cc1. The molecule has 2 aromatic carbocycles. The van der Waals surface area contributed by atoms with Crippen molar-refractivity contribution in [3.05, 3.63) is 107 Å². The van der Waals surface area contributed by atoms with Crippen LogP contribution in [-0.2, 0) is 12.3 Å². The van der Waals surface area contributed by atoms with Crippen LogP contribution in [0.4, 0.5) is 0 Å². The first-order chi connectivity index (χ1) is 14.7. The number of halogens is 1. The van der Waals surface area contributed by atoms with Crippen molar-refractivity contribution >= 4 is 29.3 Å². The molecule has 150 valence electrons. The maximum absolute atomic E-state index is 12.5. The first kappa shape index (κ1) is 20.2. The summed E-state index contributed by atoms with van der Waals surface area (Å²) < 4.78 is 1.76. The average Bonchev–Trinajstić information content (AvgIpc) is 3.27. The Morgan fingerprint density at radius 3 is 2.53 bits per heavy atom. The predicted molar refractivity (Wildman–Crippen MR) is 120 cm³/mol. The van der Waals surface area contributed by atoms with E-state index in [2.05, 4.69) is 21.5 Å². The minimum absolute atomic E-state index is 0.113. The number of aromatic nitrogens is 3. The van der Waals surface area contributed by atoms with Crippen LogP contribution in [0.5, 0.6) is 0 Å². The average molecular weight is 435 g/mol. The lowest BCUT2D eigenvalue weighted by molar-refractivity contribution is 0.0951. The topological polar surface area (TPSA) is 59.8 Å². The second kappa shape index (κ2) is 9.61. The summed E-state index contributed by atoms with van der Waals surface area (Å²) in [5.41, 5.74) is 3.63. The monoisotopic (exact) mass is 434 g/mol.